The number of anilines is 2. The van der Waals surface area contributed by atoms with Crippen LogP contribution in [0.1, 0.15) is 42.3 Å². The highest BCUT2D eigenvalue weighted by molar-refractivity contribution is 7.18. The zero-order valence-corrected chi connectivity index (χ0v) is 12.3. The smallest absolute Gasteiger partial charge is 0.265 e. The predicted octanol–water partition coefficient (Wildman–Crippen LogP) is 2.32. The second-order valence-electron chi connectivity index (χ2n) is 5.33. The lowest BCUT2D eigenvalue weighted by molar-refractivity contribution is 0.0945. The van der Waals surface area contributed by atoms with Crippen molar-refractivity contribution in [1.82, 2.24) is 10.3 Å². The molecule has 1 heterocycles. The highest BCUT2D eigenvalue weighted by Crippen LogP contribution is 2.28. The topological polar surface area (TPSA) is 80.0 Å². The van der Waals surface area contributed by atoms with Crippen LogP contribution in [0, 0.1) is 11.8 Å². The van der Waals surface area contributed by atoms with Crippen molar-refractivity contribution in [2.24, 2.45) is 11.8 Å². The number of hydrogen-bond acceptors (Lipinski definition) is 5. The predicted molar refractivity (Wildman–Crippen MR) is 79.5 cm³/mol. The zero-order chi connectivity index (χ0) is 13.8. The molecule has 4 N–H and O–H groups in total. The normalized spacial score (nSPS) is 23.1. The van der Waals surface area contributed by atoms with Gasteiger partial charge in [0.25, 0.3) is 5.91 Å². The van der Waals surface area contributed by atoms with Gasteiger partial charge in [0.15, 0.2) is 5.13 Å². The number of carbonyl (C=O) groups is 1. The Morgan fingerprint density at radius 3 is 2.95 bits per heavy atom. The largest absolute Gasteiger partial charge is 0.382 e. The first-order valence-electron chi connectivity index (χ1n) is 6.82. The van der Waals surface area contributed by atoms with Crippen LogP contribution < -0.4 is 16.4 Å². The molecule has 1 aromatic heterocycles. The van der Waals surface area contributed by atoms with E-state index in [0.29, 0.717) is 21.7 Å². The molecule has 1 aliphatic carbocycles. The van der Waals surface area contributed by atoms with Crippen molar-refractivity contribution in [2.75, 3.05) is 24.6 Å². The number of nitrogen functional groups attached to an aromatic ring is 1. The molecule has 1 aliphatic rings. The molecule has 2 unspecified atom stereocenters. The molecule has 1 saturated carbocycles. The summed E-state index contributed by atoms with van der Waals surface area (Å²) in [5, 5.41) is 6.57. The van der Waals surface area contributed by atoms with E-state index < -0.39 is 0 Å². The van der Waals surface area contributed by atoms with E-state index in [1.54, 1.807) is 7.05 Å². The van der Waals surface area contributed by atoms with Crippen molar-refractivity contribution in [3.8, 4) is 0 Å². The van der Waals surface area contributed by atoms with Gasteiger partial charge in [0.1, 0.15) is 10.7 Å². The average Bonchev–Trinajstić information content (AvgIpc) is 2.77. The minimum atomic E-state index is -0.102. The second kappa shape index (κ2) is 6.23. The van der Waals surface area contributed by atoms with E-state index in [-0.39, 0.29) is 5.91 Å². The van der Waals surface area contributed by atoms with Gasteiger partial charge in [-0.2, -0.15) is 0 Å². The molecule has 5 nitrogen and oxygen atoms in total. The maximum Gasteiger partial charge on any atom is 0.265 e. The van der Waals surface area contributed by atoms with Gasteiger partial charge in [-0.3, -0.25) is 4.79 Å². The quantitative estimate of drug-likeness (QED) is 0.792. The Bertz CT molecular complexity index is 446. The van der Waals surface area contributed by atoms with Crippen molar-refractivity contribution in [1.29, 1.82) is 0 Å². The summed E-state index contributed by atoms with van der Waals surface area (Å²) in [5.41, 5.74) is 5.75. The van der Waals surface area contributed by atoms with Crippen molar-refractivity contribution in [3.63, 3.8) is 0 Å². The summed E-state index contributed by atoms with van der Waals surface area (Å²) >= 11 is 1.30. The summed E-state index contributed by atoms with van der Waals surface area (Å²) in [6.07, 6.45) is 5.01. The maximum atomic E-state index is 12.1. The van der Waals surface area contributed by atoms with Gasteiger partial charge in [-0.05, 0) is 24.7 Å². The second-order valence-corrected chi connectivity index (χ2v) is 6.33. The molecule has 0 radical (unpaired) electrons. The molecular weight excluding hydrogens is 260 g/mol. The average molecular weight is 282 g/mol. The molecule has 106 valence electrons. The Hall–Kier alpha value is -1.30. The standard InChI is InChI=1S/C13H22N4OS/c1-8-4-3-5-9(6-8)7-16-12(18)10-11(14)17-13(15-2)19-10/h8-9H,3-7,14H2,1-2H3,(H,15,17)(H,16,18). The van der Waals surface area contributed by atoms with E-state index in [1.165, 1.54) is 37.0 Å². The van der Waals surface area contributed by atoms with Crippen LogP contribution in [0.15, 0.2) is 0 Å². The monoisotopic (exact) mass is 282 g/mol. The summed E-state index contributed by atoms with van der Waals surface area (Å²) in [4.78, 5) is 16.7. The lowest BCUT2D eigenvalue weighted by atomic mass is 9.82. The third-order valence-electron chi connectivity index (χ3n) is 3.67. The number of amides is 1. The molecule has 0 bridgehead atoms. The third-order valence-corrected chi connectivity index (χ3v) is 4.76. The lowest BCUT2D eigenvalue weighted by Crippen LogP contribution is -2.31. The van der Waals surface area contributed by atoms with E-state index >= 15 is 0 Å². The van der Waals surface area contributed by atoms with Crippen LogP contribution in [-0.2, 0) is 0 Å². The van der Waals surface area contributed by atoms with Crippen LogP contribution in [0.25, 0.3) is 0 Å². The minimum absolute atomic E-state index is 0.102. The van der Waals surface area contributed by atoms with Gasteiger partial charge in [-0.1, -0.05) is 31.1 Å². The number of nitrogens with zero attached hydrogens (tertiary/aromatic N) is 1. The SMILES string of the molecule is CNc1nc(N)c(C(=O)NCC2CCCC(C)C2)s1. The lowest BCUT2D eigenvalue weighted by Gasteiger charge is -2.26. The number of carbonyl (C=O) groups excluding carboxylic acids is 1. The van der Waals surface area contributed by atoms with Gasteiger partial charge in [0.05, 0.1) is 0 Å². The van der Waals surface area contributed by atoms with E-state index in [2.05, 4.69) is 22.5 Å². The maximum absolute atomic E-state index is 12.1. The third kappa shape index (κ3) is 3.59. The zero-order valence-electron chi connectivity index (χ0n) is 11.5. The molecule has 1 amide bonds. The summed E-state index contributed by atoms with van der Waals surface area (Å²) in [7, 11) is 1.77. The molecule has 1 aromatic rings. The van der Waals surface area contributed by atoms with Crippen LogP contribution >= 0.6 is 11.3 Å². The fraction of sp³-hybridized carbons (Fsp3) is 0.692. The number of thiazole rings is 1. The van der Waals surface area contributed by atoms with Crippen molar-refractivity contribution >= 4 is 28.2 Å². The first-order valence-corrected chi connectivity index (χ1v) is 7.64. The Labute approximate surface area is 118 Å². The fourth-order valence-corrected chi connectivity index (χ4v) is 3.42. The summed E-state index contributed by atoms with van der Waals surface area (Å²) in [6.45, 7) is 3.03. The molecule has 6 heteroatoms. The van der Waals surface area contributed by atoms with Crippen LogP contribution in [0.4, 0.5) is 10.9 Å². The molecule has 0 saturated heterocycles. The summed E-state index contributed by atoms with van der Waals surface area (Å²) < 4.78 is 0. The van der Waals surface area contributed by atoms with E-state index in [9.17, 15) is 4.79 Å². The van der Waals surface area contributed by atoms with Gasteiger partial charge in [-0.15, -0.1) is 0 Å². The molecule has 2 atom stereocenters. The van der Waals surface area contributed by atoms with Crippen molar-refractivity contribution < 1.29 is 4.79 Å². The van der Waals surface area contributed by atoms with Crippen molar-refractivity contribution in [3.05, 3.63) is 4.88 Å². The Morgan fingerprint density at radius 1 is 1.53 bits per heavy atom. The fourth-order valence-electron chi connectivity index (χ4n) is 2.66. The van der Waals surface area contributed by atoms with E-state index in [0.717, 1.165) is 12.5 Å². The van der Waals surface area contributed by atoms with Gasteiger partial charge in [-0.25, -0.2) is 4.98 Å². The molecule has 0 aromatic carbocycles. The van der Waals surface area contributed by atoms with Gasteiger partial charge >= 0.3 is 0 Å². The summed E-state index contributed by atoms with van der Waals surface area (Å²) in [5.74, 6) is 1.59. The number of aromatic nitrogens is 1. The van der Waals surface area contributed by atoms with Crippen LogP contribution in [0.5, 0.6) is 0 Å². The molecule has 2 rings (SSSR count). The van der Waals surface area contributed by atoms with Gasteiger partial charge in [0, 0.05) is 13.6 Å². The van der Waals surface area contributed by atoms with E-state index in [1.807, 2.05) is 0 Å². The highest BCUT2D eigenvalue weighted by atomic mass is 32.1. The van der Waals surface area contributed by atoms with Gasteiger partial charge in [0.2, 0.25) is 0 Å². The first-order chi connectivity index (χ1) is 9.10. The van der Waals surface area contributed by atoms with Crippen LogP contribution in [0.2, 0.25) is 0 Å². The Morgan fingerprint density at radius 2 is 2.32 bits per heavy atom. The molecular formula is C13H22N4OS. The van der Waals surface area contributed by atoms with E-state index in [4.69, 9.17) is 5.73 Å². The highest BCUT2D eigenvalue weighted by Gasteiger charge is 2.21. The molecule has 19 heavy (non-hydrogen) atoms. The number of nitrogens with two attached hydrogens (primary N) is 1. The summed E-state index contributed by atoms with van der Waals surface area (Å²) in [6, 6.07) is 0. The number of nitrogens with one attached hydrogen (secondary N) is 2. The minimum Gasteiger partial charge on any atom is -0.382 e. The number of hydrogen-bond donors (Lipinski definition) is 3. The molecule has 1 fully saturated rings. The van der Waals surface area contributed by atoms with Crippen LogP contribution in [-0.4, -0.2) is 24.5 Å². The Kier molecular flexibility index (Phi) is 4.63. The molecule has 0 spiro atoms. The van der Waals surface area contributed by atoms with Gasteiger partial charge < -0.3 is 16.4 Å². The van der Waals surface area contributed by atoms with Crippen molar-refractivity contribution in [2.45, 2.75) is 32.6 Å². The first kappa shape index (κ1) is 14.1. The molecule has 0 aliphatic heterocycles. The Balaban J connectivity index is 1.88. The van der Waals surface area contributed by atoms with Crippen LogP contribution in [0.3, 0.4) is 0 Å². The number of rotatable bonds is 4.